The third-order valence-corrected chi connectivity index (χ3v) is 14.9. The highest BCUT2D eigenvalue weighted by molar-refractivity contribution is 7.26. The molecule has 0 radical (unpaired) electrons. The Hall–Kier alpha value is -7.66. The third kappa shape index (κ3) is 5.39. The van der Waals surface area contributed by atoms with Crippen molar-refractivity contribution in [2.75, 3.05) is 9.80 Å². The summed E-state index contributed by atoms with van der Waals surface area (Å²) in [7, 11) is 0. The monoisotopic (exact) mass is 838 g/mol. The molecule has 0 bridgehead atoms. The van der Waals surface area contributed by atoms with Gasteiger partial charge in [0, 0.05) is 55.8 Å². The first kappa shape index (κ1) is 36.9. The fraction of sp³-hybridized carbons (Fsp3) is 0.0667. The van der Waals surface area contributed by atoms with Crippen LogP contribution >= 0.6 is 11.3 Å². The number of fused-ring (bicyclic) bond motifs is 13. The van der Waals surface area contributed by atoms with Gasteiger partial charge in [-0.3, -0.25) is 0 Å². The maximum Gasteiger partial charge on any atom is 0.131 e. The van der Waals surface area contributed by atoms with Crippen molar-refractivity contribution in [3.05, 3.63) is 252 Å². The van der Waals surface area contributed by atoms with Crippen molar-refractivity contribution in [2.24, 2.45) is 0 Å². The predicted molar refractivity (Wildman–Crippen MR) is 268 cm³/mol. The van der Waals surface area contributed by atoms with E-state index in [4.69, 9.17) is 4.74 Å². The van der Waals surface area contributed by atoms with E-state index in [0.29, 0.717) is 6.42 Å². The molecule has 2 unspecified atom stereocenters. The van der Waals surface area contributed by atoms with Gasteiger partial charge in [-0.2, -0.15) is 0 Å². The molecule has 9 aromatic carbocycles. The number of ether oxygens (including phenoxy) is 1. The van der Waals surface area contributed by atoms with E-state index >= 15 is 0 Å². The second-order valence-corrected chi connectivity index (χ2v) is 18.2. The lowest BCUT2D eigenvalue weighted by Gasteiger charge is -2.43. The number of thiophene rings is 1. The average molecular weight is 839 g/mol. The summed E-state index contributed by atoms with van der Waals surface area (Å²) < 4.78 is 9.70. The highest BCUT2D eigenvalue weighted by Crippen LogP contribution is 2.63. The van der Waals surface area contributed by atoms with Crippen molar-refractivity contribution >= 4 is 70.7 Å². The Labute approximate surface area is 377 Å². The van der Waals surface area contributed by atoms with E-state index in [1.54, 1.807) is 0 Å². The Morgan fingerprint density at radius 3 is 2.00 bits per heavy atom. The van der Waals surface area contributed by atoms with Crippen LogP contribution in [0.2, 0.25) is 0 Å². The van der Waals surface area contributed by atoms with Gasteiger partial charge < -0.3 is 14.5 Å². The Balaban J connectivity index is 0.976. The standard InChI is InChI=1S/C60H42N2OS/c1-39-36-45(61(41-19-5-2-6-20-41)42-21-7-3-8-22-42)38-56-57(39)48-27-17-30-53(59(48)64-56)62(43-23-9-4-10-24-43)44-33-35-51-55(37-44)63-54-31-16-15-29-50(54)60(51)49-28-14-13-26-47(49)58-46-25-12-11-18-40(46)32-34-52(58)60/h2-36,38,44H,37H2,1H3. The number of para-hydroxylation sites is 4. The van der Waals surface area contributed by atoms with E-state index in [1.165, 1.54) is 75.6 Å². The van der Waals surface area contributed by atoms with Crippen molar-refractivity contribution in [2.45, 2.75) is 24.8 Å². The third-order valence-electron chi connectivity index (χ3n) is 13.7. The minimum atomic E-state index is -0.521. The van der Waals surface area contributed by atoms with E-state index in [-0.39, 0.29) is 6.04 Å². The van der Waals surface area contributed by atoms with Gasteiger partial charge in [0.15, 0.2) is 0 Å². The van der Waals surface area contributed by atoms with Crippen LogP contribution in [0.25, 0.3) is 42.1 Å². The van der Waals surface area contributed by atoms with E-state index in [2.05, 4.69) is 235 Å². The Morgan fingerprint density at radius 2 is 1.22 bits per heavy atom. The van der Waals surface area contributed by atoms with Crippen molar-refractivity contribution in [3.63, 3.8) is 0 Å². The van der Waals surface area contributed by atoms with Crippen LogP contribution in [-0.4, -0.2) is 6.04 Å². The molecular weight excluding hydrogens is 797 g/mol. The number of allylic oxidation sites excluding steroid dienone is 2. The number of hydrogen-bond acceptors (Lipinski definition) is 4. The van der Waals surface area contributed by atoms with Gasteiger partial charge in [-0.05, 0) is 106 Å². The Kier molecular flexibility index (Phi) is 8.34. The Morgan fingerprint density at radius 1 is 0.562 bits per heavy atom. The first-order chi connectivity index (χ1) is 31.7. The number of rotatable bonds is 6. The van der Waals surface area contributed by atoms with Crippen molar-refractivity contribution in [1.82, 2.24) is 0 Å². The van der Waals surface area contributed by atoms with E-state index in [0.717, 1.165) is 34.3 Å². The normalized spacial score (nSPS) is 17.0. The van der Waals surface area contributed by atoms with E-state index in [9.17, 15) is 0 Å². The van der Waals surface area contributed by atoms with Crippen LogP contribution in [0.1, 0.15) is 28.7 Å². The van der Waals surface area contributed by atoms with Crippen LogP contribution in [0, 0.1) is 6.92 Å². The van der Waals surface area contributed by atoms with Gasteiger partial charge >= 0.3 is 0 Å². The lowest BCUT2D eigenvalue weighted by atomic mass is 9.64. The van der Waals surface area contributed by atoms with Crippen LogP contribution in [0.3, 0.4) is 0 Å². The minimum Gasteiger partial charge on any atom is -0.461 e. The lowest BCUT2D eigenvalue weighted by molar-refractivity contribution is 0.357. The molecule has 1 aromatic heterocycles. The molecule has 0 fully saturated rings. The zero-order valence-electron chi connectivity index (χ0n) is 35.3. The summed E-state index contributed by atoms with van der Waals surface area (Å²) >= 11 is 1.89. The average Bonchev–Trinajstić information content (AvgIpc) is 3.88. The highest BCUT2D eigenvalue weighted by atomic mass is 32.1. The van der Waals surface area contributed by atoms with Crippen molar-refractivity contribution in [3.8, 4) is 16.9 Å². The quantitative estimate of drug-likeness (QED) is 0.166. The summed E-state index contributed by atoms with van der Waals surface area (Å²) in [6.07, 6.45) is 5.55. The molecule has 1 aliphatic heterocycles. The zero-order valence-corrected chi connectivity index (χ0v) is 36.1. The van der Waals surface area contributed by atoms with Crippen LogP contribution in [0.4, 0.5) is 28.4 Å². The zero-order chi connectivity index (χ0) is 42.4. The van der Waals surface area contributed by atoms with E-state index < -0.39 is 5.41 Å². The molecule has 2 heterocycles. The summed E-state index contributed by atoms with van der Waals surface area (Å²) in [6, 6.07) is 75.2. The molecule has 2 atom stereocenters. The summed E-state index contributed by atoms with van der Waals surface area (Å²) in [6.45, 7) is 2.27. The van der Waals surface area contributed by atoms with Gasteiger partial charge in [0.1, 0.15) is 11.5 Å². The predicted octanol–water partition coefficient (Wildman–Crippen LogP) is 16.1. The van der Waals surface area contributed by atoms with E-state index in [1.807, 2.05) is 11.3 Å². The molecule has 0 N–H and O–H groups in total. The maximum absolute atomic E-state index is 7.15. The first-order valence-corrected chi connectivity index (χ1v) is 23.0. The summed E-state index contributed by atoms with van der Waals surface area (Å²) in [5, 5.41) is 5.13. The lowest BCUT2D eigenvalue weighted by Crippen LogP contribution is -2.39. The first-order valence-electron chi connectivity index (χ1n) is 22.2. The van der Waals surface area contributed by atoms with Crippen molar-refractivity contribution < 1.29 is 4.74 Å². The fourth-order valence-electron chi connectivity index (χ4n) is 11.2. The molecule has 2 aliphatic carbocycles. The second-order valence-electron chi connectivity index (χ2n) is 17.2. The molecule has 0 saturated carbocycles. The molecule has 0 amide bonds. The molecular formula is C60H42N2OS. The van der Waals surface area contributed by atoms with Crippen molar-refractivity contribution in [1.29, 1.82) is 0 Å². The second kappa shape index (κ2) is 14.5. The van der Waals surface area contributed by atoms with Crippen LogP contribution in [-0.2, 0) is 5.41 Å². The number of benzene rings is 9. The highest BCUT2D eigenvalue weighted by Gasteiger charge is 2.53. The molecule has 3 aliphatic rings. The topological polar surface area (TPSA) is 15.7 Å². The molecule has 304 valence electrons. The fourth-order valence-corrected chi connectivity index (χ4v) is 12.5. The van der Waals surface area contributed by atoms with Crippen LogP contribution in [0.15, 0.2) is 230 Å². The molecule has 10 aromatic rings. The molecule has 64 heavy (non-hydrogen) atoms. The Bertz CT molecular complexity index is 3500. The molecule has 1 spiro atoms. The minimum absolute atomic E-state index is 0.0182. The smallest absolute Gasteiger partial charge is 0.131 e. The summed E-state index contributed by atoms with van der Waals surface area (Å²) in [5.74, 6) is 1.95. The van der Waals surface area contributed by atoms with Gasteiger partial charge in [-0.1, -0.05) is 158 Å². The van der Waals surface area contributed by atoms with Gasteiger partial charge in [0.25, 0.3) is 0 Å². The van der Waals surface area contributed by atoms with Gasteiger partial charge in [-0.25, -0.2) is 0 Å². The number of hydrogen-bond donors (Lipinski definition) is 0. The SMILES string of the molecule is Cc1cc(N(c2ccccc2)c2ccccc2)cc2sc3c(N(c4ccccc4)C4C=CC5=C(C4)Oc4ccccc4C54c5ccccc5-c5c4ccc4ccccc54)cccc3c12. The summed E-state index contributed by atoms with van der Waals surface area (Å²) in [5.41, 5.74) is 14.2. The largest absolute Gasteiger partial charge is 0.461 e. The molecule has 0 saturated heterocycles. The van der Waals surface area contributed by atoms with Gasteiger partial charge in [0.2, 0.25) is 0 Å². The maximum atomic E-state index is 7.15. The van der Waals surface area contributed by atoms with Crippen LogP contribution < -0.4 is 14.5 Å². The molecule has 4 heteroatoms. The number of anilines is 5. The molecule has 13 rings (SSSR count). The number of aryl methyl sites for hydroxylation is 1. The van der Waals surface area contributed by atoms with Gasteiger partial charge in [0.05, 0.1) is 21.8 Å². The summed E-state index contributed by atoms with van der Waals surface area (Å²) in [4.78, 5) is 4.92. The number of nitrogens with zero attached hydrogens (tertiary/aromatic N) is 2. The molecule has 3 nitrogen and oxygen atoms in total. The van der Waals surface area contributed by atoms with Crippen LogP contribution in [0.5, 0.6) is 5.75 Å². The van der Waals surface area contributed by atoms with Gasteiger partial charge in [-0.15, -0.1) is 11.3 Å².